The summed E-state index contributed by atoms with van der Waals surface area (Å²) in [5.41, 5.74) is 7.15. The Balaban J connectivity index is 1.67. The van der Waals surface area contributed by atoms with Gasteiger partial charge < -0.3 is 16.2 Å². The van der Waals surface area contributed by atoms with Crippen LogP contribution in [0.5, 0.6) is 0 Å². The number of aliphatic hydroxyl groups is 1. The van der Waals surface area contributed by atoms with Crippen molar-refractivity contribution in [1.29, 1.82) is 0 Å². The molecule has 4 nitrogen and oxygen atoms in total. The zero-order chi connectivity index (χ0) is 15.1. The molecule has 0 saturated heterocycles. The largest absolute Gasteiger partial charge is 0.393 e. The molecule has 0 aliphatic heterocycles. The molecule has 0 spiro atoms. The molecule has 1 amide bonds. The number of rotatable bonds is 6. The summed E-state index contributed by atoms with van der Waals surface area (Å²) in [6, 6.07) is 9.61. The topological polar surface area (TPSA) is 75.4 Å². The van der Waals surface area contributed by atoms with Gasteiger partial charge in [0, 0.05) is 6.54 Å². The van der Waals surface area contributed by atoms with E-state index in [9.17, 15) is 9.90 Å². The van der Waals surface area contributed by atoms with Gasteiger partial charge in [-0.1, -0.05) is 36.8 Å². The van der Waals surface area contributed by atoms with E-state index in [0.717, 1.165) is 32.1 Å². The van der Waals surface area contributed by atoms with Crippen LogP contribution in [0.1, 0.15) is 37.7 Å². The van der Waals surface area contributed by atoms with Gasteiger partial charge in [-0.05, 0) is 43.6 Å². The monoisotopic (exact) mass is 290 g/mol. The highest BCUT2D eigenvalue weighted by Crippen LogP contribution is 2.23. The van der Waals surface area contributed by atoms with Crippen molar-refractivity contribution >= 4 is 5.91 Å². The summed E-state index contributed by atoms with van der Waals surface area (Å²) in [7, 11) is 0. The van der Waals surface area contributed by atoms with Crippen LogP contribution in [-0.2, 0) is 11.2 Å². The van der Waals surface area contributed by atoms with Crippen LogP contribution >= 0.6 is 0 Å². The van der Waals surface area contributed by atoms with E-state index in [1.54, 1.807) is 0 Å². The van der Waals surface area contributed by atoms with Gasteiger partial charge in [0.2, 0.25) is 5.91 Å². The van der Waals surface area contributed by atoms with E-state index in [-0.39, 0.29) is 12.0 Å². The van der Waals surface area contributed by atoms with Gasteiger partial charge in [0.05, 0.1) is 12.1 Å². The zero-order valence-electron chi connectivity index (χ0n) is 12.5. The Kier molecular flexibility index (Phi) is 6.21. The van der Waals surface area contributed by atoms with Crippen LogP contribution in [-0.4, -0.2) is 29.7 Å². The van der Waals surface area contributed by atoms with Gasteiger partial charge in [-0.25, -0.2) is 0 Å². The number of hydrogen-bond acceptors (Lipinski definition) is 3. The Labute approximate surface area is 126 Å². The number of benzene rings is 1. The standard InChI is InChI=1S/C17H26N2O2/c18-16(10-9-13-5-2-1-3-6-13)17(21)19-12-14-7-4-8-15(20)11-14/h1-3,5-6,14-16,20H,4,7-12,18H2,(H,19,21). The van der Waals surface area contributed by atoms with E-state index >= 15 is 0 Å². The van der Waals surface area contributed by atoms with Crippen molar-refractivity contribution in [3.05, 3.63) is 35.9 Å². The lowest BCUT2D eigenvalue weighted by Gasteiger charge is -2.26. The molecule has 116 valence electrons. The zero-order valence-corrected chi connectivity index (χ0v) is 12.5. The normalized spacial score (nSPS) is 23.5. The number of aliphatic hydroxyl groups excluding tert-OH is 1. The van der Waals surface area contributed by atoms with Crippen LogP contribution in [0.2, 0.25) is 0 Å². The van der Waals surface area contributed by atoms with Crippen LogP contribution in [0.15, 0.2) is 30.3 Å². The van der Waals surface area contributed by atoms with Gasteiger partial charge in [0.25, 0.3) is 0 Å². The van der Waals surface area contributed by atoms with Crippen molar-refractivity contribution in [1.82, 2.24) is 5.32 Å². The first-order valence-corrected chi connectivity index (χ1v) is 7.90. The molecule has 4 heteroatoms. The van der Waals surface area contributed by atoms with Gasteiger partial charge in [-0.15, -0.1) is 0 Å². The molecule has 0 heterocycles. The van der Waals surface area contributed by atoms with Gasteiger partial charge in [0.1, 0.15) is 0 Å². The first-order chi connectivity index (χ1) is 10.1. The summed E-state index contributed by atoms with van der Waals surface area (Å²) >= 11 is 0. The van der Waals surface area contributed by atoms with E-state index in [2.05, 4.69) is 5.32 Å². The van der Waals surface area contributed by atoms with Gasteiger partial charge in [0.15, 0.2) is 0 Å². The minimum absolute atomic E-state index is 0.0778. The Morgan fingerprint density at radius 2 is 2.10 bits per heavy atom. The first kappa shape index (κ1) is 16.0. The Morgan fingerprint density at radius 1 is 1.33 bits per heavy atom. The molecule has 1 aliphatic rings. The molecule has 1 aromatic carbocycles. The molecule has 21 heavy (non-hydrogen) atoms. The summed E-state index contributed by atoms with van der Waals surface area (Å²) in [6.45, 7) is 0.634. The molecule has 3 atom stereocenters. The molecule has 0 aromatic heterocycles. The first-order valence-electron chi connectivity index (χ1n) is 7.90. The SMILES string of the molecule is NC(CCc1ccccc1)C(=O)NCC1CCCC(O)C1. The summed E-state index contributed by atoms with van der Waals surface area (Å²) in [5.74, 6) is 0.310. The highest BCUT2D eigenvalue weighted by Gasteiger charge is 2.21. The van der Waals surface area contributed by atoms with Gasteiger partial charge in [-0.3, -0.25) is 4.79 Å². The third kappa shape index (κ3) is 5.48. The van der Waals surface area contributed by atoms with Crippen molar-refractivity contribution in [3.8, 4) is 0 Å². The lowest BCUT2D eigenvalue weighted by atomic mass is 9.87. The van der Waals surface area contributed by atoms with E-state index in [4.69, 9.17) is 5.73 Å². The van der Waals surface area contributed by atoms with Crippen molar-refractivity contribution in [2.24, 2.45) is 11.7 Å². The number of carbonyl (C=O) groups excluding carboxylic acids is 1. The maximum absolute atomic E-state index is 12.0. The maximum Gasteiger partial charge on any atom is 0.236 e. The van der Waals surface area contributed by atoms with Crippen molar-refractivity contribution < 1.29 is 9.90 Å². The fourth-order valence-electron chi connectivity index (χ4n) is 2.92. The van der Waals surface area contributed by atoms with Gasteiger partial charge in [-0.2, -0.15) is 0 Å². The number of nitrogens with two attached hydrogens (primary N) is 1. The average molecular weight is 290 g/mol. The molecular weight excluding hydrogens is 264 g/mol. The average Bonchev–Trinajstić information content (AvgIpc) is 2.51. The highest BCUT2D eigenvalue weighted by molar-refractivity contribution is 5.81. The predicted octanol–water partition coefficient (Wildman–Crippen LogP) is 1.61. The number of carbonyl (C=O) groups is 1. The molecule has 0 bridgehead atoms. The van der Waals surface area contributed by atoms with Crippen LogP contribution in [0.25, 0.3) is 0 Å². The molecule has 0 radical (unpaired) electrons. The summed E-state index contributed by atoms with van der Waals surface area (Å²) < 4.78 is 0. The molecule has 1 fully saturated rings. The Morgan fingerprint density at radius 3 is 2.81 bits per heavy atom. The second kappa shape index (κ2) is 8.15. The lowest BCUT2D eigenvalue weighted by molar-refractivity contribution is -0.122. The third-order valence-corrected chi connectivity index (χ3v) is 4.24. The van der Waals surface area contributed by atoms with E-state index in [1.807, 2.05) is 30.3 Å². The maximum atomic E-state index is 12.0. The molecule has 1 aliphatic carbocycles. The molecule has 1 saturated carbocycles. The fourth-order valence-corrected chi connectivity index (χ4v) is 2.92. The molecule has 3 unspecified atom stereocenters. The van der Waals surface area contributed by atoms with Crippen LogP contribution in [0.3, 0.4) is 0 Å². The summed E-state index contributed by atoms with van der Waals surface area (Å²) in [4.78, 5) is 12.0. The van der Waals surface area contributed by atoms with Crippen LogP contribution < -0.4 is 11.1 Å². The summed E-state index contributed by atoms with van der Waals surface area (Å²) in [5, 5.41) is 12.6. The fraction of sp³-hybridized carbons (Fsp3) is 0.588. The molecule has 2 rings (SSSR count). The minimum Gasteiger partial charge on any atom is -0.393 e. The van der Waals surface area contributed by atoms with Crippen LogP contribution in [0, 0.1) is 5.92 Å². The van der Waals surface area contributed by atoms with E-state index in [0.29, 0.717) is 18.9 Å². The third-order valence-electron chi connectivity index (χ3n) is 4.24. The predicted molar refractivity (Wildman–Crippen MR) is 83.7 cm³/mol. The van der Waals surface area contributed by atoms with E-state index in [1.165, 1.54) is 5.56 Å². The number of nitrogens with one attached hydrogen (secondary N) is 1. The molecular formula is C17H26N2O2. The second-order valence-electron chi connectivity index (χ2n) is 6.06. The lowest BCUT2D eigenvalue weighted by Crippen LogP contribution is -2.43. The minimum atomic E-state index is -0.460. The second-order valence-corrected chi connectivity index (χ2v) is 6.06. The van der Waals surface area contributed by atoms with Crippen molar-refractivity contribution in [2.75, 3.05) is 6.54 Å². The van der Waals surface area contributed by atoms with Crippen molar-refractivity contribution in [2.45, 2.75) is 50.7 Å². The molecule has 1 aromatic rings. The highest BCUT2D eigenvalue weighted by atomic mass is 16.3. The van der Waals surface area contributed by atoms with E-state index < -0.39 is 6.04 Å². The van der Waals surface area contributed by atoms with Crippen LogP contribution in [0.4, 0.5) is 0 Å². The molecule has 4 N–H and O–H groups in total. The van der Waals surface area contributed by atoms with Crippen molar-refractivity contribution in [3.63, 3.8) is 0 Å². The smallest absolute Gasteiger partial charge is 0.236 e. The Bertz CT molecular complexity index is 436. The summed E-state index contributed by atoms with van der Waals surface area (Å²) in [6.07, 6.45) is 5.08. The number of amides is 1. The Hall–Kier alpha value is -1.39. The number of aryl methyl sites for hydroxylation is 1. The van der Waals surface area contributed by atoms with Gasteiger partial charge >= 0.3 is 0 Å². The quantitative estimate of drug-likeness (QED) is 0.745. The number of hydrogen-bond donors (Lipinski definition) is 3.